The van der Waals surface area contributed by atoms with Crippen molar-refractivity contribution in [1.82, 2.24) is 4.98 Å². The lowest BCUT2D eigenvalue weighted by atomic mass is 10.2. The van der Waals surface area contributed by atoms with Gasteiger partial charge in [0, 0.05) is 17.5 Å². The van der Waals surface area contributed by atoms with Crippen molar-refractivity contribution in [2.45, 2.75) is 0 Å². The normalized spacial score (nSPS) is 10.6. The third-order valence-electron chi connectivity index (χ3n) is 2.68. The minimum Gasteiger partial charge on any atom is -0.618 e. The molecule has 0 unspecified atom stereocenters. The Balaban J connectivity index is 2.22. The highest BCUT2D eigenvalue weighted by atomic mass is 16.5. The van der Waals surface area contributed by atoms with Gasteiger partial charge in [0.25, 0.3) is 0 Å². The van der Waals surface area contributed by atoms with Crippen LogP contribution in [0.5, 0.6) is 0 Å². The maximum Gasteiger partial charge on any atom is 0.242 e. The van der Waals surface area contributed by atoms with Gasteiger partial charge < -0.3 is 5.21 Å². The van der Waals surface area contributed by atoms with Crippen molar-refractivity contribution in [3.63, 3.8) is 0 Å². The molecule has 1 aromatic carbocycles. The van der Waals surface area contributed by atoms with Crippen LogP contribution in [0.2, 0.25) is 0 Å². The van der Waals surface area contributed by atoms with E-state index in [1.54, 1.807) is 12.1 Å². The maximum absolute atomic E-state index is 11.6. The van der Waals surface area contributed by atoms with Gasteiger partial charge in [0.15, 0.2) is 6.20 Å². The van der Waals surface area contributed by atoms with Crippen LogP contribution in [0.25, 0.3) is 22.3 Å². The second-order valence-corrected chi connectivity index (χ2v) is 3.80. The number of hydrogen-bond acceptors (Lipinski definition) is 2. The molecule has 0 aliphatic heterocycles. The fraction of sp³-hybridized carbons (Fsp3) is 0. The molecule has 0 bridgehead atoms. The Bertz CT molecular complexity index is 680. The summed E-state index contributed by atoms with van der Waals surface area (Å²) in [4.78, 5) is 4.49. The molecule has 0 atom stereocenters. The van der Waals surface area contributed by atoms with Crippen molar-refractivity contribution in [2.24, 2.45) is 0 Å². The monoisotopic (exact) mass is 222 g/mol. The van der Waals surface area contributed by atoms with E-state index in [2.05, 4.69) is 4.98 Å². The lowest BCUT2D eigenvalue weighted by Gasteiger charge is -2.04. The molecule has 3 rings (SSSR count). The predicted molar refractivity (Wildman–Crippen MR) is 66.1 cm³/mol. The first-order valence-electron chi connectivity index (χ1n) is 5.39. The van der Waals surface area contributed by atoms with Crippen LogP contribution in [0.1, 0.15) is 0 Å². The van der Waals surface area contributed by atoms with Gasteiger partial charge >= 0.3 is 0 Å². The zero-order valence-electron chi connectivity index (χ0n) is 9.08. The zero-order chi connectivity index (χ0) is 11.7. The van der Waals surface area contributed by atoms with E-state index in [-0.39, 0.29) is 0 Å². The number of fused-ring (bicyclic) bond motifs is 1. The number of nitrogens with zero attached hydrogens (tertiary/aromatic N) is 2. The fourth-order valence-electron chi connectivity index (χ4n) is 1.84. The summed E-state index contributed by atoms with van der Waals surface area (Å²) in [5.41, 5.74) is 2.16. The van der Waals surface area contributed by atoms with Crippen LogP contribution in [0.3, 0.4) is 0 Å². The quantitative estimate of drug-likeness (QED) is 0.469. The van der Waals surface area contributed by atoms with Crippen LogP contribution < -0.4 is 4.73 Å². The summed E-state index contributed by atoms with van der Waals surface area (Å²) in [6, 6.07) is 17.0. The van der Waals surface area contributed by atoms with Crippen LogP contribution in [-0.4, -0.2) is 4.98 Å². The molecule has 3 nitrogen and oxygen atoms in total. The number of hydrogen-bond donors (Lipinski definition) is 0. The number of pyridine rings is 2. The molecule has 3 heteroatoms. The molecule has 2 heterocycles. The van der Waals surface area contributed by atoms with Crippen LogP contribution in [0.15, 0.2) is 60.8 Å². The van der Waals surface area contributed by atoms with Crippen molar-refractivity contribution in [1.29, 1.82) is 0 Å². The average molecular weight is 222 g/mol. The van der Waals surface area contributed by atoms with Crippen LogP contribution in [-0.2, 0) is 0 Å². The molecule has 0 aliphatic carbocycles. The van der Waals surface area contributed by atoms with Crippen molar-refractivity contribution in [3.8, 4) is 11.4 Å². The molecule has 0 saturated heterocycles. The Morgan fingerprint density at radius 2 is 1.71 bits per heavy atom. The second-order valence-electron chi connectivity index (χ2n) is 3.80. The van der Waals surface area contributed by atoms with Gasteiger partial charge in [-0.25, -0.2) is 4.98 Å². The standard InChI is InChI=1S/C14H10N2O/c17-16-10-4-3-7-14(16)13-9-8-11-5-1-2-6-12(11)15-13/h1-10H. The Kier molecular flexibility index (Phi) is 2.22. The topological polar surface area (TPSA) is 39.8 Å². The Hall–Kier alpha value is -2.42. The molecular weight excluding hydrogens is 212 g/mol. The van der Waals surface area contributed by atoms with E-state index in [1.807, 2.05) is 42.5 Å². The number of para-hydroxylation sites is 1. The van der Waals surface area contributed by atoms with Crippen molar-refractivity contribution in [2.75, 3.05) is 0 Å². The summed E-state index contributed by atoms with van der Waals surface area (Å²) < 4.78 is 0.830. The van der Waals surface area contributed by atoms with Crippen LogP contribution in [0, 0.1) is 5.21 Å². The molecule has 0 radical (unpaired) electrons. The van der Waals surface area contributed by atoms with Gasteiger partial charge in [0.1, 0.15) is 5.69 Å². The molecule has 0 spiro atoms. The molecule has 0 N–H and O–H groups in total. The minimum absolute atomic E-state index is 0.568. The summed E-state index contributed by atoms with van der Waals surface area (Å²) in [5, 5.41) is 12.7. The van der Waals surface area contributed by atoms with Crippen molar-refractivity contribution >= 4 is 10.9 Å². The SMILES string of the molecule is [O-][n+]1ccccc1-c1ccc2ccccc2n1. The van der Waals surface area contributed by atoms with Crippen LogP contribution >= 0.6 is 0 Å². The number of benzene rings is 1. The molecule has 0 amide bonds. The average Bonchev–Trinajstić information content (AvgIpc) is 2.39. The van der Waals surface area contributed by atoms with E-state index in [9.17, 15) is 5.21 Å². The summed E-state index contributed by atoms with van der Waals surface area (Å²) in [7, 11) is 0. The lowest BCUT2D eigenvalue weighted by molar-refractivity contribution is -0.593. The second kappa shape index (κ2) is 3.87. The molecule has 0 fully saturated rings. The Morgan fingerprint density at radius 1 is 0.882 bits per heavy atom. The van der Waals surface area contributed by atoms with Gasteiger partial charge in [-0.1, -0.05) is 24.3 Å². The largest absolute Gasteiger partial charge is 0.618 e. The van der Waals surface area contributed by atoms with E-state index >= 15 is 0 Å². The molecule has 0 aliphatic rings. The van der Waals surface area contributed by atoms with Crippen molar-refractivity contribution in [3.05, 3.63) is 66.0 Å². The third-order valence-corrected chi connectivity index (χ3v) is 2.68. The van der Waals surface area contributed by atoms with Gasteiger partial charge in [0.05, 0.1) is 5.52 Å². The van der Waals surface area contributed by atoms with E-state index in [4.69, 9.17) is 0 Å². The molecule has 2 aromatic heterocycles. The predicted octanol–water partition coefficient (Wildman–Crippen LogP) is 2.54. The minimum atomic E-state index is 0.568. The zero-order valence-corrected chi connectivity index (χ0v) is 9.08. The van der Waals surface area contributed by atoms with Gasteiger partial charge in [-0.3, -0.25) is 0 Å². The number of rotatable bonds is 1. The van der Waals surface area contributed by atoms with Gasteiger partial charge in [-0.15, -0.1) is 0 Å². The fourth-order valence-corrected chi connectivity index (χ4v) is 1.84. The highest BCUT2D eigenvalue weighted by Gasteiger charge is 2.08. The van der Waals surface area contributed by atoms with E-state index in [0.717, 1.165) is 15.6 Å². The molecule has 17 heavy (non-hydrogen) atoms. The third kappa shape index (κ3) is 1.72. The summed E-state index contributed by atoms with van der Waals surface area (Å²) in [6.07, 6.45) is 1.48. The smallest absolute Gasteiger partial charge is 0.242 e. The first-order valence-corrected chi connectivity index (χ1v) is 5.39. The molecule has 3 aromatic rings. The summed E-state index contributed by atoms with van der Waals surface area (Å²) in [5.74, 6) is 0. The van der Waals surface area contributed by atoms with Gasteiger partial charge in [0.2, 0.25) is 5.69 Å². The van der Waals surface area contributed by atoms with Crippen molar-refractivity contribution < 1.29 is 4.73 Å². The Labute approximate surface area is 98.6 Å². The van der Waals surface area contributed by atoms with Gasteiger partial charge in [-0.05, 0) is 18.2 Å². The van der Waals surface area contributed by atoms with Gasteiger partial charge in [-0.2, -0.15) is 4.73 Å². The highest BCUT2D eigenvalue weighted by Crippen LogP contribution is 2.17. The van der Waals surface area contributed by atoms with E-state index in [1.165, 1.54) is 6.20 Å². The van der Waals surface area contributed by atoms with E-state index < -0.39 is 0 Å². The highest BCUT2D eigenvalue weighted by molar-refractivity contribution is 5.80. The summed E-state index contributed by atoms with van der Waals surface area (Å²) >= 11 is 0. The molecule has 0 saturated carbocycles. The number of aromatic nitrogens is 2. The first kappa shape index (κ1) is 9.78. The molecule has 82 valence electrons. The van der Waals surface area contributed by atoms with E-state index in [0.29, 0.717) is 11.4 Å². The van der Waals surface area contributed by atoms with Crippen LogP contribution in [0.4, 0.5) is 0 Å². The first-order chi connectivity index (χ1) is 8.34. The lowest BCUT2D eigenvalue weighted by Crippen LogP contribution is -2.28. The maximum atomic E-state index is 11.6. The Morgan fingerprint density at radius 3 is 2.59 bits per heavy atom. The summed E-state index contributed by atoms with van der Waals surface area (Å²) in [6.45, 7) is 0. The molecular formula is C14H10N2O.